The molecule has 5 aromatic heterocycles. The number of aromatic amines is 5. The Morgan fingerprint density at radius 1 is 0.283 bits per heavy atom. The van der Waals surface area contributed by atoms with E-state index in [-0.39, 0.29) is 122 Å². The molecule has 15 aliphatic rings. The second kappa shape index (κ2) is 33.9. The number of piperazine rings is 5. The summed E-state index contributed by atoms with van der Waals surface area (Å²) in [5.41, 5.74) is 2.56. The fourth-order valence-corrected chi connectivity index (χ4v) is 20.4. The largest absolute Gasteiger partial charge is 0.454 e. The molecule has 730 valence electrons. The number of hydrogen-bond donors (Lipinski definition) is 5. The molecule has 35 heteroatoms. The number of ether oxygens (including phenoxy) is 10. The van der Waals surface area contributed by atoms with Crippen molar-refractivity contribution in [1.29, 1.82) is 0 Å². The van der Waals surface area contributed by atoms with Crippen molar-refractivity contribution in [2.75, 3.05) is 102 Å². The van der Waals surface area contributed by atoms with E-state index in [1.807, 2.05) is 12.1 Å². The van der Waals surface area contributed by atoms with E-state index in [4.69, 9.17) is 87.1 Å². The van der Waals surface area contributed by atoms with Gasteiger partial charge in [-0.15, -0.1) is 0 Å². The number of para-hydroxylation sites is 5. The number of rotatable bonds is 5. The average molecular weight is 1990 g/mol. The minimum Gasteiger partial charge on any atom is -0.454 e. The van der Waals surface area contributed by atoms with Crippen LogP contribution < -0.4 is 47.4 Å². The van der Waals surface area contributed by atoms with E-state index in [1.165, 1.54) is 50.5 Å². The summed E-state index contributed by atoms with van der Waals surface area (Å²) in [5, 5.41) is 1.79. The van der Waals surface area contributed by atoms with E-state index in [0.717, 1.165) is 29.4 Å². The highest BCUT2D eigenvalue weighted by atomic mass is 16.7. The Hall–Kier alpha value is -17.4. The van der Waals surface area contributed by atoms with E-state index >= 15 is 0 Å². The van der Waals surface area contributed by atoms with E-state index in [2.05, 4.69) is 24.9 Å². The minimum atomic E-state index is -3.03. The molecular formula is C110H95N15O20. The van der Waals surface area contributed by atoms with Crippen LogP contribution in [0.15, 0.2) is 212 Å². The molecule has 0 saturated carbocycles. The number of aromatic nitrogens is 5. The smallest absolute Gasteiger partial charge is 0.245 e. The molecule has 35 nitrogen and oxygen atoms in total. The highest BCUT2D eigenvalue weighted by Crippen LogP contribution is 2.53. The lowest BCUT2D eigenvalue weighted by molar-refractivity contribution is -0.157. The molecule has 10 atom stereocenters. The Morgan fingerprint density at radius 2 is 0.552 bits per heavy atom. The lowest BCUT2D eigenvalue weighted by atomic mass is 9.86. The zero-order valence-corrected chi connectivity index (χ0v) is 75.2. The Labute approximate surface area is 881 Å². The van der Waals surface area contributed by atoms with E-state index < -0.39 is 325 Å². The van der Waals surface area contributed by atoms with E-state index in [0.29, 0.717) is 91.9 Å². The van der Waals surface area contributed by atoms with Gasteiger partial charge in [-0.3, -0.25) is 47.9 Å². The summed E-state index contributed by atoms with van der Waals surface area (Å²) in [6.45, 7) is -20.3. The molecule has 145 heavy (non-hydrogen) atoms. The Morgan fingerprint density at radius 3 is 0.903 bits per heavy atom. The summed E-state index contributed by atoms with van der Waals surface area (Å²) >= 11 is 0. The maximum absolute atomic E-state index is 13.6. The highest BCUT2D eigenvalue weighted by Gasteiger charge is 2.55. The fourth-order valence-electron chi connectivity index (χ4n) is 20.4. The Bertz CT molecular complexity index is 10300. The molecule has 15 aromatic rings. The summed E-state index contributed by atoms with van der Waals surface area (Å²) in [6, 6.07) is 1.94. The molecule has 10 aromatic carbocycles. The number of hydrogen-bond acceptors (Lipinski definition) is 20. The molecule has 0 radical (unpaired) electrons. The van der Waals surface area contributed by atoms with Crippen LogP contribution in [-0.2, 0) is 80.0 Å². The number of amides is 10. The molecule has 30 rings (SSSR count). The molecule has 0 bridgehead atoms. The van der Waals surface area contributed by atoms with Crippen LogP contribution in [-0.4, -0.2) is 265 Å². The van der Waals surface area contributed by atoms with Gasteiger partial charge < -0.3 is 121 Å². The van der Waals surface area contributed by atoms with Gasteiger partial charge in [0.05, 0.1) is 95.7 Å². The third kappa shape index (κ3) is 14.2. The number of nitrogens with one attached hydrogen (secondary N) is 5. The monoisotopic (exact) mass is 1980 g/mol. The molecular weight excluding hydrogens is 1850 g/mol. The maximum Gasteiger partial charge on any atom is 0.245 e. The minimum absolute atomic E-state index is 0.0113. The van der Waals surface area contributed by atoms with Crippen molar-refractivity contribution in [2.24, 2.45) is 0 Å². The third-order valence-electron chi connectivity index (χ3n) is 26.8. The normalized spacial score (nSPS) is 33.0. The molecule has 0 spiro atoms. The van der Waals surface area contributed by atoms with Gasteiger partial charge >= 0.3 is 0 Å². The molecule has 5 fully saturated rings. The summed E-state index contributed by atoms with van der Waals surface area (Å²) in [6.07, 6.45) is -2.00. The first-order valence-electron chi connectivity index (χ1n) is 64.3. The first-order valence-corrected chi connectivity index (χ1v) is 44.8. The highest BCUT2D eigenvalue weighted by molar-refractivity contribution is 6.03. The second-order valence-electron chi connectivity index (χ2n) is 35.0. The zero-order chi connectivity index (χ0) is 133. The van der Waals surface area contributed by atoms with Crippen molar-refractivity contribution in [3.05, 3.63) is 296 Å². The first kappa shape index (κ1) is 55.7. The topological polar surface area (TPSA) is 374 Å². The summed E-state index contributed by atoms with van der Waals surface area (Å²) in [5.74, 6) is -9.91. The first-order chi connectivity index (χ1) is 85.8. The van der Waals surface area contributed by atoms with Crippen LogP contribution >= 0.6 is 0 Å². The van der Waals surface area contributed by atoms with Gasteiger partial charge in [0, 0.05) is 162 Å². The number of carbonyl (C=O) groups is 10. The number of H-pyrrole nitrogens is 5. The van der Waals surface area contributed by atoms with Crippen LogP contribution in [0.1, 0.15) is 168 Å². The van der Waals surface area contributed by atoms with Crippen molar-refractivity contribution >= 4 is 114 Å². The summed E-state index contributed by atoms with van der Waals surface area (Å²) < 4.78 is 381. The summed E-state index contributed by atoms with van der Waals surface area (Å²) in [4.78, 5) is 157. The van der Waals surface area contributed by atoms with Crippen molar-refractivity contribution in [2.45, 2.75) is 92.3 Å². The number of fused-ring (bicyclic) bond motifs is 25. The van der Waals surface area contributed by atoms with Gasteiger partial charge in [0.25, 0.3) is 0 Å². The van der Waals surface area contributed by atoms with E-state index in [1.54, 1.807) is 78.9 Å². The molecule has 5 N–H and O–H groups in total. The Balaban J connectivity index is 0.000000110. The van der Waals surface area contributed by atoms with Crippen molar-refractivity contribution in [3.63, 3.8) is 0 Å². The number of carbonyl (C=O) groups excluding carboxylic acids is 10. The van der Waals surface area contributed by atoms with Gasteiger partial charge in [-0.05, 0) is 146 Å². The predicted octanol–water partition coefficient (Wildman–Crippen LogP) is 11.1. The third-order valence-corrected chi connectivity index (χ3v) is 26.8. The summed E-state index contributed by atoms with van der Waals surface area (Å²) in [7, 11) is 2.67. The second-order valence-corrected chi connectivity index (χ2v) is 35.0. The van der Waals surface area contributed by atoms with E-state index in [9.17, 15) is 61.7 Å². The fraction of sp³-hybridized carbons (Fsp3) is 0.273. The quantitative estimate of drug-likeness (QED) is 0.107. The average Bonchev–Trinajstić information content (AvgIpc) is 1.44. The van der Waals surface area contributed by atoms with Crippen LogP contribution in [0.4, 0.5) is 0 Å². The predicted molar refractivity (Wildman–Crippen MR) is 523 cm³/mol. The van der Waals surface area contributed by atoms with Gasteiger partial charge in [-0.2, -0.15) is 0 Å². The molecule has 0 unspecified atom stereocenters. The lowest BCUT2D eigenvalue weighted by Gasteiger charge is -2.46. The Kier molecular flexibility index (Phi) is 13.0. The van der Waals surface area contributed by atoms with Crippen LogP contribution in [0.5, 0.6) is 57.5 Å². The van der Waals surface area contributed by atoms with Gasteiger partial charge in [-0.25, -0.2) is 0 Å². The van der Waals surface area contributed by atoms with Crippen LogP contribution in [0.25, 0.3) is 54.5 Å². The standard InChI is InChI=1S/5C22H19N3O4/c5*1-24-10-19(26)25-16(22(24)27)9-14-13-4-2-3-5-15(13)23-20(14)21(25)12-6-7-17-18(8-12)29-11-28-17/h5*2-8,16,21,23H,9-11H2,1H3/t5*16-,21-/m11111/s1/i2D,3D,4D,5D,6D,7D,8D,11D2,16D,21D;1D3,2D,3D,4D,5D,16D,21D;6D,7D,8D,11D2,16D,21D;1D3,11D2,16D,21D;1D3,16D,21D. The number of nitrogens with zero attached hydrogens (tertiary/aromatic N) is 10. The number of likely N-dealkylation sites (N-methyl/N-ethyl adjacent to an activating group) is 5. The van der Waals surface area contributed by atoms with Crippen LogP contribution in [0, 0.1) is 0 Å². The molecule has 5 saturated heterocycles. The molecule has 0 aliphatic carbocycles. The van der Waals surface area contributed by atoms with Crippen molar-refractivity contribution in [1.82, 2.24) is 73.9 Å². The molecule has 10 amide bonds. The van der Waals surface area contributed by atoms with Crippen molar-refractivity contribution in [3.8, 4) is 57.5 Å². The van der Waals surface area contributed by atoms with Gasteiger partial charge in [0.1, 0.15) is 38.3 Å². The number of benzene rings is 10. The van der Waals surface area contributed by atoms with Crippen LogP contribution in [0.2, 0.25) is 0 Å². The van der Waals surface area contributed by atoms with Crippen LogP contribution in [0.3, 0.4) is 0 Å². The van der Waals surface area contributed by atoms with Gasteiger partial charge in [0.2, 0.25) is 92.9 Å². The lowest BCUT2D eigenvalue weighted by Crippen LogP contribution is -2.62. The SMILES string of the molecule is [2H]C([2H])([2H])N1CC(=O)N2[C@]([2H])(c3ccc4c(c3)OCO4)c3[nH]c4ccccc4c3C[C@]2([2H])C1=O.[2H]C1([2H])Oc2ccc([C@]3([2H])c4[nH]c5ccccc5c4C[C@]4([2H])C(=O)N(C([2H])([2H])[2H])CC(=O)N34)cc2O1.[2H]c1c([2H])c([2H])c2c3c([nH]c2c1[2H])[C@@]([2H])(c1ccc2c(c1)OCO2)N1C(=O)CN(C([2H])([2H])[2H])C(=O)[C@@]1([2H])C3.[2H]c1c([2H])c([C@]2([2H])c3[nH]c4c([2H])c([2H])c([2H])c([2H])c4c3C[C@]3([2H])C(=O)N(C)CC(=O)N23)c([2H])c2c1OC([2H])([2H])O2.[2H]c1c([2H])c([C@]2([2H])c3[nH]c4ccccc4c3C[C@]3([2H])C(=O)N(C)CC(=O)N23)c([2H])c2c1OC([2H])([2H])O2. The molecule has 15 aliphatic heterocycles. The maximum atomic E-state index is 13.6. The van der Waals surface area contributed by atoms with Crippen molar-refractivity contribution < 1.29 is 149 Å². The molecule has 20 heterocycles. The van der Waals surface area contributed by atoms with Gasteiger partial charge in [0.15, 0.2) is 57.5 Å². The van der Waals surface area contributed by atoms with Gasteiger partial charge in [-0.1, -0.05) is 121 Å². The zero-order valence-electron chi connectivity index (χ0n) is 114.